The van der Waals surface area contributed by atoms with E-state index in [1.807, 2.05) is 20.8 Å². The summed E-state index contributed by atoms with van der Waals surface area (Å²) in [4.78, 5) is 17.6. The first-order chi connectivity index (χ1) is 8.83. The highest BCUT2D eigenvalue weighted by Gasteiger charge is 2.27. The molecule has 0 spiro atoms. The highest BCUT2D eigenvalue weighted by molar-refractivity contribution is 5.83. The monoisotopic (exact) mass is 269 g/mol. The fraction of sp³-hybridized carbons (Fsp3) is 0.692. The van der Waals surface area contributed by atoms with E-state index in [9.17, 15) is 4.79 Å². The minimum Gasteiger partial charge on any atom is -0.444 e. The molecule has 0 radical (unpaired) electrons. The molecule has 1 amide bonds. The highest BCUT2D eigenvalue weighted by atomic mass is 16.6. The van der Waals surface area contributed by atoms with Gasteiger partial charge < -0.3 is 15.2 Å². The summed E-state index contributed by atoms with van der Waals surface area (Å²) in [7, 11) is 1.63. The van der Waals surface area contributed by atoms with Crippen LogP contribution in [0.15, 0.2) is 16.3 Å². The number of ether oxygens (including phenoxy) is 2. The third-order valence-corrected chi connectivity index (χ3v) is 2.46. The van der Waals surface area contributed by atoms with Crippen molar-refractivity contribution < 1.29 is 14.3 Å². The van der Waals surface area contributed by atoms with Crippen LogP contribution in [0.3, 0.4) is 0 Å². The maximum atomic E-state index is 11.9. The van der Waals surface area contributed by atoms with Crippen molar-refractivity contribution in [2.45, 2.75) is 26.4 Å². The van der Waals surface area contributed by atoms with E-state index in [4.69, 9.17) is 15.2 Å². The van der Waals surface area contributed by atoms with Crippen molar-refractivity contribution in [2.75, 3.05) is 33.4 Å². The van der Waals surface area contributed by atoms with E-state index in [1.165, 1.54) is 0 Å². The lowest BCUT2D eigenvalue weighted by Crippen LogP contribution is -2.36. The Labute approximate surface area is 114 Å². The Morgan fingerprint density at radius 2 is 2.16 bits per heavy atom. The topological polar surface area (TPSA) is 77.2 Å². The van der Waals surface area contributed by atoms with Gasteiger partial charge in [-0.1, -0.05) is 0 Å². The zero-order valence-electron chi connectivity index (χ0n) is 12.1. The molecular formula is C13H23N3O3. The molecule has 0 bridgehead atoms. The molecular weight excluding hydrogens is 246 g/mol. The standard InChI is InChI=1S/C13H23N3O3/c1-13(2,3)19-12(17)16-8-10(11(14)9-16)7-15-5-6-18-4/h7H,5-6,8-9,14H2,1-4H3. The Hall–Kier alpha value is -1.56. The average Bonchev–Trinajstić information content (AvgIpc) is 2.64. The number of nitrogens with two attached hydrogens (primary N) is 1. The van der Waals surface area contributed by atoms with Gasteiger partial charge in [-0.2, -0.15) is 0 Å². The number of hydrogen-bond donors (Lipinski definition) is 1. The number of amides is 1. The van der Waals surface area contributed by atoms with Gasteiger partial charge in [0, 0.05) is 24.6 Å². The molecule has 108 valence electrons. The first kappa shape index (κ1) is 15.5. The first-order valence-corrected chi connectivity index (χ1v) is 6.27. The van der Waals surface area contributed by atoms with Gasteiger partial charge in [-0.05, 0) is 20.8 Å². The minimum absolute atomic E-state index is 0.351. The van der Waals surface area contributed by atoms with Gasteiger partial charge in [0.05, 0.1) is 26.2 Å². The summed E-state index contributed by atoms with van der Waals surface area (Å²) < 4.78 is 10.2. The molecule has 0 aromatic rings. The van der Waals surface area contributed by atoms with E-state index in [1.54, 1.807) is 18.2 Å². The number of rotatable bonds is 4. The second kappa shape index (κ2) is 6.56. The van der Waals surface area contributed by atoms with Crippen LogP contribution in [0, 0.1) is 0 Å². The quantitative estimate of drug-likeness (QED) is 0.614. The molecule has 0 fully saturated rings. The third-order valence-electron chi connectivity index (χ3n) is 2.46. The Morgan fingerprint density at radius 3 is 2.74 bits per heavy atom. The largest absolute Gasteiger partial charge is 0.444 e. The van der Waals surface area contributed by atoms with Crippen molar-refractivity contribution in [3.8, 4) is 0 Å². The molecule has 1 heterocycles. The molecule has 0 aromatic heterocycles. The minimum atomic E-state index is -0.499. The number of methoxy groups -OCH3 is 1. The molecule has 0 aliphatic carbocycles. The number of nitrogens with zero attached hydrogens (tertiary/aromatic N) is 2. The number of carbonyl (C=O) groups excluding carboxylic acids is 1. The van der Waals surface area contributed by atoms with Crippen LogP contribution < -0.4 is 5.73 Å². The fourth-order valence-corrected chi connectivity index (χ4v) is 1.57. The van der Waals surface area contributed by atoms with Gasteiger partial charge in [0.1, 0.15) is 5.60 Å². The van der Waals surface area contributed by atoms with Crippen LogP contribution in [0.25, 0.3) is 0 Å². The molecule has 0 unspecified atom stereocenters. The van der Waals surface area contributed by atoms with Crippen LogP contribution in [-0.4, -0.2) is 56.2 Å². The summed E-state index contributed by atoms with van der Waals surface area (Å²) in [6.07, 6.45) is 1.36. The predicted molar refractivity (Wildman–Crippen MR) is 74.3 cm³/mol. The maximum Gasteiger partial charge on any atom is 0.410 e. The Balaban J connectivity index is 2.50. The molecule has 1 rings (SSSR count). The van der Waals surface area contributed by atoms with Crippen LogP contribution in [0.4, 0.5) is 4.79 Å². The van der Waals surface area contributed by atoms with E-state index in [0.29, 0.717) is 31.9 Å². The summed E-state index contributed by atoms with van der Waals surface area (Å²) in [5.74, 6) is 0. The molecule has 0 saturated heterocycles. The zero-order valence-corrected chi connectivity index (χ0v) is 12.1. The lowest BCUT2D eigenvalue weighted by atomic mass is 10.2. The van der Waals surface area contributed by atoms with Crippen molar-refractivity contribution in [3.63, 3.8) is 0 Å². The average molecular weight is 269 g/mol. The smallest absolute Gasteiger partial charge is 0.410 e. The van der Waals surface area contributed by atoms with Crippen LogP contribution in [0.2, 0.25) is 0 Å². The molecule has 0 atom stereocenters. The van der Waals surface area contributed by atoms with Crippen LogP contribution in [0.5, 0.6) is 0 Å². The van der Waals surface area contributed by atoms with Gasteiger partial charge >= 0.3 is 6.09 Å². The molecule has 0 aromatic carbocycles. The van der Waals surface area contributed by atoms with Crippen LogP contribution in [-0.2, 0) is 9.47 Å². The van der Waals surface area contributed by atoms with E-state index in [0.717, 1.165) is 5.57 Å². The number of hydrogen-bond acceptors (Lipinski definition) is 5. The summed E-state index contributed by atoms with van der Waals surface area (Å²) in [5, 5.41) is 0. The maximum absolute atomic E-state index is 11.9. The van der Waals surface area contributed by atoms with Gasteiger partial charge in [-0.25, -0.2) is 4.79 Å². The lowest BCUT2D eigenvalue weighted by Gasteiger charge is -2.24. The number of carbonyl (C=O) groups is 1. The lowest BCUT2D eigenvalue weighted by molar-refractivity contribution is 0.0300. The second-order valence-corrected chi connectivity index (χ2v) is 5.41. The van der Waals surface area contributed by atoms with E-state index < -0.39 is 5.60 Å². The van der Waals surface area contributed by atoms with Crippen molar-refractivity contribution in [2.24, 2.45) is 10.7 Å². The third kappa shape index (κ3) is 5.30. The van der Waals surface area contributed by atoms with Crippen LogP contribution >= 0.6 is 0 Å². The summed E-state index contributed by atoms with van der Waals surface area (Å²) in [5.41, 5.74) is 6.92. The predicted octanol–water partition coefficient (Wildman–Crippen LogP) is 1.17. The molecule has 6 nitrogen and oxygen atoms in total. The molecule has 19 heavy (non-hydrogen) atoms. The molecule has 6 heteroatoms. The van der Waals surface area contributed by atoms with Gasteiger partial charge in [0.15, 0.2) is 0 Å². The van der Waals surface area contributed by atoms with Crippen molar-refractivity contribution in [1.29, 1.82) is 0 Å². The van der Waals surface area contributed by atoms with Gasteiger partial charge in [0.25, 0.3) is 0 Å². The van der Waals surface area contributed by atoms with Gasteiger partial charge in [0.2, 0.25) is 0 Å². The van der Waals surface area contributed by atoms with Crippen molar-refractivity contribution >= 4 is 12.3 Å². The normalized spacial score (nSPS) is 16.5. The highest BCUT2D eigenvalue weighted by Crippen LogP contribution is 2.16. The Bertz CT molecular complexity index is 383. The molecule has 2 N–H and O–H groups in total. The van der Waals surface area contributed by atoms with Gasteiger partial charge in [-0.3, -0.25) is 9.89 Å². The Kier molecular flexibility index (Phi) is 5.35. The summed E-state index contributed by atoms with van der Waals surface area (Å²) in [6.45, 7) is 7.50. The summed E-state index contributed by atoms with van der Waals surface area (Å²) in [6, 6.07) is 0. The fourth-order valence-electron chi connectivity index (χ4n) is 1.57. The van der Waals surface area contributed by atoms with Crippen LogP contribution in [0.1, 0.15) is 20.8 Å². The molecule has 1 aliphatic rings. The zero-order chi connectivity index (χ0) is 14.5. The summed E-state index contributed by atoms with van der Waals surface area (Å²) >= 11 is 0. The molecule has 0 saturated carbocycles. The van der Waals surface area contributed by atoms with Crippen molar-refractivity contribution in [3.05, 3.63) is 11.3 Å². The van der Waals surface area contributed by atoms with Crippen molar-refractivity contribution in [1.82, 2.24) is 4.90 Å². The number of aliphatic imine (C=N–C) groups is 1. The van der Waals surface area contributed by atoms with E-state index in [2.05, 4.69) is 4.99 Å². The van der Waals surface area contributed by atoms with E-state index >= 15 is 0 Å². The SMILES string of the molecule is COCCN=CC1=C(N)CN(C(=O)OC(C)(C)C)C1. The Morgan fingerprint density at radius 1 is 1.47 bits per heavy atom. The van der Waals surface area contributed by atoms with Gasteiger partial charge in [-0.15, -0.1) is 0 Å². The van der Waals surface area contributed by atoms with E-state index in [-0.39, 0.29) is 6.09 Å². The second-order valence-electron chi connectivity index (χ2n) is 5.41. The first-order valence-electron chi connectivity index (χ1n) is 6.27. The molecule has 1 aliphatic heterocycles.